The van der Waals surface area contributed by atoms with Crippen LogP contribution in [0.2, 0.25) is 0 Å². The smallest absolute Gasteiger partial charge is 0.283 e. The van der Waals surface area contributed by atoms with Crippen molar-refractivity contribution in [2.75, 3.05) is 0 Å². The van der Waals surface area contributed by atoms with Crippen LogP contribution in [-0.4, -0.2) is 36.9 Å². The highest BCUT2D eigenvalue weighted by Crippen LogP contribution is 2.30. The third-order valence-corrected chi connectivity index (χ3v) is 5.46. The third-order valence-electron chi connectivity index (χ3n) is 4.02. The monoisotopic (exact) mass is 378 g/mol. The number of imidazole rings is 1. The summed E-state index contributed by atoms with van der Waals surface area (Å²) in [5, 5.41) is 16.2. The van der Waals surface area contributed by atoms with Crippen molar-refractivity contribution in [1.82, 2.24) is 14.4 Å². The number of rotatable bonds is 2. The molecule has 1 amide bonds. The normalized spacial score (nSPS) is 18.1. The van der Waals surface area contributed by atoms with E-state index >= 15 is 0 Å². The quantitative estimate of drug-likeness (QED) is 0.693. The van der Waals surface area contributed by atoms with Crippen molar-refractivity contribution < 1.29 is 4.79 Å². The van der Waals surface area contributed by atoms with Crippen molar-refractivity contribution in [3.8, 4) is 11.3 Å². The van der Waals surface area contributed by atoms with Crippen LogP contribution < -0.4 is 0 Å². The predicted molar refractivity (Wildman–Crippen MR) is 105 cm³/mol. The Morgan fingerprint density at radius 2 is 2.04 bits per heavy atom. The van der Waals surface area contributed by atoms with Gasteiger partial charge in [0.05, 0.1) is 22.5 Å². The lowest BCUT2D eigenvalue weighted by Gasteiger charge is -2.20. The average Bonchev–Trinajstić information content (AvgIpc) is 3.36. The van der Waals surface area contributed by atoms with Crippen molar-refractivity contribution in [2.45, 2.75) is 0 Å². The van der Waals surface area contributed by atoms with Gasteiger partial charge in [0.1, 0.15) is 0 Å². The minimum Gasteiger partial charge on any atom is -0.290 e. The zero-order chi connectivity index (χ0) is 17.7. The van der Waals surface area contributed by atoms with E-state index in [1.54, 1.807) is 11.6 Å². The summed E-state index contributed by atoms with van der Waals surface area (Å²) in [6, 6.07) is 9.78. The zero-order valence-electron chi connectivity index (χ0n) is 13.2. The van der Waals surface area contributed by atoms with Gasteiger partial charge in [-0.05, 0) is 17.8 Å². The molecule has 4 heterocycles. The summed E-state index contributed by atoms with van der Waals surface area (Å²) < 4.78 is 1.92. The van der Waals surface area contributed by atoms with Crippen molar-refractivity contribution in [2.24, 2.45) is 10.1 Å². The second-order valence-electron chi connectivity index (χ2n) is 5.52. The molecule has 5 rings (SSSR count). The lowest BCUT2D eigenvalue weighted by Crippen LogP contribution is -2.35. The van der Waals surface area contributed by atoms with E-state index in [4.69, 9.17) is 10.4 Å². The first-order chi connectivity index (χ1) is 12.7. The average molecular weight is 378 g/mol. The summed E-state index contributed by atoms with van der Waals surface area (Å²) in [5.74, 6) is -0.422. The number of thiazole rings is 1. The fourth-order valence-corrected chi connectivity index (χ4v) is 4.15. The van der Waals surface area contributed by atoms with Gasteiger partial charge in [-0.1, -0.05) is 30.3 Å². The van der Waals surface area contributed by atoms with Crippen molar-refractivity contribution in [3.63, 3.8) is 0 Å². The van der Waals surface area contributed by atoms with E-state index in [1.807, 2.05) is 46.3 Å². The molecule has 9 heteroatoms. The standard InChI is InChI=1S/C17H10N6OS2/c18-14-11(15(24)21-17-23(14)19-9-26-17)8-12-13(10-4-2-1-3-5-10)20-16-22(12)6-7-25-16/h1-9,18H. The minimum atomic E-state index is -0.441. The number of carbonyl (C=O) groups is 1. The Labute approximate surface area is 155 Å². The van der Waals surface area contributed by atoms with Crippen LogP contribution in [0.15, 0.2) is 57.6 Å². The number of hydrazone groups is 1. The topological polar surface area (TPSA) is 86.2 Å². The molecule has 0 spiro atoms. The van der Waals surface area contributed by atoms with Crippen LogP contribution >= 0.6 is 23.1 Å². The molecular formula is C17H10N6OS2. The van der Waals surface area contributed by atoms with Crippen LogP contribution in [0, 0.1) is 5.41 Å². The number of hydrogen-bond donors (Lipinski definition) is 1. The molecule has 1 aromatic carbocycles. The number of carbonyl (C=O) groups excluding carboxylic acids is 1. The van der Waals surface area contributed by atoms with Gasteiger partial charge in [-0.15, -0.1) is 11.3 Å². The summed E-state index contributed by atoms with van der Waals surface area (Å²) in [6.45, 7) is 0. The highest BCUT2D eigenvalue weighted by Gasteiger charge is 2.33. The van der Waals surface area contributed by atoms with Crippen LogP contribution in [-0.2, 0) is 4.79 Å². The molecule has 2 aliphatic rings. The highest BCUT2D eigenvalue weighted by molar-refractivity contribution is 8.25. The number of nitrogens with zero attached hydrogens (tertiary/aromatic N) is 5. The van der Waals surface area contributed by atoms with Gasteiger partial charge >= 0.3 is 0 Å². The molecule has 1 N–H and O–H groups in total. The molecule has 0 fully saturated rings. The fraction of sp³-hybridized carbons (Fsp3) is 0. The van der Waals surface area contributed by atoms with Gasteiger partial charge in [-0.25, -0.2) is 4.98 Å². The predicted octanol–water partition coefficient (Wildman–Crippen LogP) is 3.31. The lowest BCUT2D eigenvalue weighted by molar-refractivity contribution is -0.114. The molecule has 0 atom stereocenters. The maximum Gasteiger partial charge on any atom is 0.283 e. The molecule has 7 nitrogen and oxygen atoms in total. The molecule has 0 unspecified atom stereocenters. The van der Waals surface area contributed by atoms with E-state index in [1.165, 1.54) is 28.1 Å². The summed E-state index contributed by atoms with van der Waals surface area (Å²) in [6.07, 6.45) is 3.58. The Morgan fingerprint density at radius 1 is 1.19 bits per heavy atom. The highest BCUT2D eigenvalue weighted by atomic mass is 32.2. The molecule has 2 aliphatic heterocycles. The molecule has 0 aliphatic carbocycles. The molecule has 3 aromatic rings. The Bertz CT molecular complexity index is 1150. The molecule has 126 valence electrons. The molecular weight excluding hydrogens is 368 g/mol. The molecule has 2 aromatic heterocycles. The molecule has 26 heavy (non-hydrogen) atoms. The molecule has 0 bridgehead atoms. The van der Waals surface area contributed by atoms with Crippen molar-refractivity contribution in [1.29, 1.82) is 5.41 Å². The number of nitrogens with one attached hydrogen (secondary N) is 1. The van der Waals surface area contributed by atoms with Gasteiger partial charge in [0.2, 0.25) is 0 Å². The Kier molecular flexibility index (Phi) is 3.37. The number of thioether (sulfide) groups is 1. The number of hydrogen-bond acceptors (Lipinski definition) is 6. The van der Waals surface area contributed by atoms with Crippen LogP contribution in [0.1, 0.15) is 5.69 Å². The van der Waals surface area contributed by atoms with Crippen LogP contribution in [0.4, 0.5) is 0 Å². The largest absolute Gasteiger partial charge is 0.290 e. The van der Waals surface area contributed by atoms with Crippen LogP contribution in [0.5, 0.6) is 0 Å². The SMILES string of the molecule is N=C1C(=Cc2c(-c3ccccc3)nc3sccn23)C(=O)N=C2SC=NN12. The van der Waals surface area contributed by atoms with E-state index in [9.17, 15) is 4.79 Å². The van der Waals surface area contributed by atoms with E-state index in [2.05, 4.69) is 10.1 Å². The lowest BCUT2D eigenvalue weighted by atomic mass is 10.1. The van der Waals surface area contributed by atoms with Crippen LogP contribution in [0.25, 0.3) is 22.3 Å². The van der Waals surface area contributed by atoms with E-state index in [0.717, 1.165) is 21.9 Å². The number of aromatic nitrogens is 2. The van der Waals surface area contributed by atoms with Gasteiger partial charge < -0.3 is 0 Å². The maximum absolute atomic E-state index is 12.5. The Morgan fingerprint density at radius 3 is 2.88 bits per heavy atom. The van der Waals surface area contributed by atoms with Crippen molar-refractivity contribution >= 4 is 56.6 Å². The summed E-state index contributed by atoms with van der Waals surface area (Å²) in [5.41, 5.74) is 4.21. The summed E-state index contributed by atoms with van der Waals surface area (Å²) in [7, 11) is 0. The van der Waals surface area contributed by atoms with E-state index in [-0.39, 0.29) is 11.4 Å². The number of amides is 1. The van der Waals surface area contributed by atoms with Crippen molar-refractivity contribution in [3.05, 3.63) is 53.2 Å². The van der Waals surface area contributed by atoms with Gasteiger partial charge in [0.25, 0.3) is 5.91 Å². The van der Waals surface area contributed by atoms with Gasteiger partial charge in [-0.3, -0.25) is 14.6 Å². The first-order valence-corrected chi connectivity index (χ1v) is 9.42. The molecule has 0 saturated carbocycles. The third kappa shape index (κ3) is 2.25. The van der Waals surface area contributed by atoms with E-state index < -0.39 is 5.91 Å². The Hall–Kier alpha value is -3.04. The molecule has 0 radical (unpaired) electrons. The second-order valence-corrected chi connectivity index (χ2v) is 7.21. The second kappa shape index (κ2) is 5.75. The number of aliphatic imine (C=N–C) groups is 1. The summed E-state index contributed by atoms with van der Waals surface area (Å²) >= 11 is 2.74. The van der Waals surface area contributed by atoms with Gasteiger partial charge in [0.15, 0.2) is 16.0 Å². The number of benzene rings is 1. The fourth-order valence-electron chi connectivity index (χ4n) is 2.82. The number of fused-ring (bicyclic) bond motifs is 2. The number of amidine groups is 2. The minimum absolute atomic E-state index is 0.0189. The first kappa shape index (κ1) is 15.2. The van der Waals surface area contributed by atoms with Gasteiger partial charge in [-0.2, -0.15) is 15.1 Å². The van der Waals surface area contributed by atoms with Crippen LogP contribution in [0.3, 0.4) is 0 Å². The molecule has 0 saturated heterocycles. The van der Waals surface area contributed by atoms with E-state index in [0.29, 0.717) is 5.17 Å². The zero-order valence-corrected chi connectivity index (χ0v) is 14.8. The first-order valence-electron chi connectivity index (χ1n) is 7.66. The summed E-state index contributed by atoms with van der Waals surface area (Å²) in [4.78, 5) is 22.0. The maximum atomic E-state index is 12.5. The van der Waals surface area contributed by atoms with Gasteiger partial charge in [0, 0.05) is 17.1 Å². The Balaban J connectivity index is 1.71.